The van der Waals surface area contributed by atoms with Crippen molar-refractivity contribution in [3.8, 4) is 6.07 Å². The second-order valence-corrected chi connectivity index (χ2v) is 4.40. The van der Waals surface area contributed by atoms with Gasteiger partial charge in [0.2, 0.25) is 5.82 Å². The predicted octanol–water partition coefficient (Wildman–Crippen LogP) is 1.70. The summed E-state index contributed by atoms with van der Waals surface area (Å²) >= 11 is 0. The van der Waals surface area contributed by atoms with Gasteiger partial charge in [-0.1, -0.05) is 0 Å². The van der Waals surface area contributed by atoms with E-state index in [1.165, 1.54) is 12.3 Å². The van der Waals surface area contributed by atoms with E-state index in [-0.39, 0.29) is 17.1 Å². The summed E-state index contributed by atoms with van der Waals surface area (Å²) in [5.74, 6) is 0.654. The van der Waals surface area contributed by atoms with Crippen molar-refractivity contribution in [2.75, 3.05) is 25.1 Å². The number of nitrogens with one attached hydrogen (secondary N) is 1. The van der Waals surface area contributed by atoms with Gasteiger partial charge in [-0.15, -0.1) is 0 Å². The zero-order valence-electron chi connectivity index (χ0n) is 10.3. The first-order valence-corrected chi connectivity index (χ1v) is 6.07. The molecule has 0 radical (unpaired) electrons. The van der Waals surface area contributed by atoms with Crippen LogP contribution in [-0.2, 0) is 4.74 Å². The first-order chi connectivity index (χ1) is 9.20. The van der Waals surface area contributed by atoms with Crippen LogP contribution in [0.25, 0.3) is 0 Å². The third-order valence-corrected chi connectivity index (χ3v) is 3.09. The lowest BCUT2D eigenvalue weighted by atomic mass is 10.0. The Hall–Kier alpha value is -2.20. The zero-order valence-corrected chi connectivity index (χ0v) is 10.3. The van der Waals surface area contributed by atoms with Gasteiger partial charge in [-0.2, -0.15) is 5.26 Å². The molecule has 7 nitrogen and oxygen atoms in total. The molecule has 7 heteroatoms. The summed E-state index contributed by atoms with van der Waals surface area (Å²) in [4.78, 5) is 14.4. The molecule has 100 valence electrons. The summed E-state index contributed by atoms with van der Waals surface area (Å²) in [6.07, 6.45) is 3.22. The Balaban J connectivity index is 2.06. The minimum absolute atomic E-state index is 0.161. The fourth-order valence-electron chi connectivity index (χ4n) is 1.98. The van der Waals surface area contributed by atoms with E-state index >= 15 is 0 Å². The quantitative estimate of drug-likeness (QED) is 0.654. The number of nitro groups is 1. The van der Waals surface area contributed by atoms with Gasteiger partial charge in [0.25, 0.3) is 0 Å². The third kappa shape index (κ3) is 3.39. The van der Waals surface area contributed by atoms with E-state index in [2.05, 4.69) is 10.3 Å². The number of anilines is 1. The largest absolute Gasteiger partial charge is 0.381 e. The van der Waals surface area contributed by atoms with E-state index < -0.39 is 4.92 Å². The number of hydrogen-bond donors (Lipinski definition) is 1. The van der Waals surface area contributed by atoms with Crippen LogP contribution in [-0.4, -0.2) is 29.7 Å². The van der Waals surface area contributed by atoms with E-state index in [0.717, 1.165) is 26.1 Å². The van der Waals surface area contributed by atoms with E-state index in [9.17, 15) is 10.1 Å². The summed E-state index contributed by atoms with van der Waals surface area (Å²) in [7, 11) is 0. The molecule has 2 heterocycles. The molecule has 1 saturated heterocycles. The van der Waals surface area contributed by atoms with Crippen molar-refractivity contribution in [2.45, 2.75) is 12.8 Å². The monoisotopic (exact) mass is 262 g/mol. The Morgan fingerprint density at radius 2 is 2.32 bits per heavy atom. The molecule has 1 aromatic heterocycles. The third-order valence-electron chi connectivity index (χ3n) is 3.09. The smallest absolute Gasteiger partial charge is 0.312 e. The first kappa shape index (κ1) is 13.2. The fraction of sp³-hybridized carbons (Fsp3) is 0.500. The maximum atomic E-state index is 10.9. The molecule has 1 N–H and O–H groups in total. The topological polar surface area (TPSA) is 101 Å². The predicted molar refractivity (Wildman–Crippen MR) is 67.6 cm³/mol. The molecule has 1 aromatic rings. The number of aromatic nitrogens is 1. The molecule has 0 amide bonds. The van der Waals surface area contributed by atoms with Gasteiger partial charge in [0.05, 0.1) is 10.5 Å². The van der Waals surface area contributed by atoms with Crippen molar-refractivity contribution in [3.05, 3.63) is 27.9 Å². The fourth-order valence-corrected chi connectivity index (χ4v) is 1.98. The highest BCUT2D eigenvalue weighted by atomic mass is 16.6. The highest BCUT2D eigenvalue weighted by molar-refractivity contribution is 5.58. The average Bonchev–Trinajstić information content (AvgIpc) is 2.46. The van der Waals surface area contributed by atoms with Gasteiger partial charge in [-0.05, 0) is 18.8 Å². The van der Waals surface area contributed by atoms with Crippen molar-refractivity contribution in [2.24, 2.45) is 5.92 Å². The minimum Gasteiger partial charge on any atom is -0.381 e. The standard InChI is InChI=1S/C12H14N4O3/c13-6-10-5-11(16(17)18)12(15-8-10)14-7-9-1-3-19-4-2-9/h5,8-9H,1-4,7H2,(H,14,15). The molecule has 0 unspecified atom stereocenters. The van der Waals surface area contributed by atoms with Crippen molar-refractivity contribution in [3.63, 3.8) is 0 Å². The molecular formula is C12H14N4O3. The van der Waals surface area contributed by atoms with Gasteiger partial charge in [0.1, 0.15) is 6.07 Å². The minimum atomic E-state index is -0.528. The molecule has 0 aromatic carbocycles. The van der Waals surface area contributed by atoms with Gasteiger partial charge in [0, 0.05) is 32.0 Å². The Bertz CT molecular complexity index is 506. The molecule has 1 aliphatic rings. The van der Waals surface area contributed by atoms with Crippen LogP contribution in [0.4, 0.5) is 11.5 Å². The van der Waals surface area contributed by atoms with Crippen molar-refractivity contribution in [1.29, 1.82) is 5.26 Å². The second kappa shape index (κ2) is 6.11. The van der Waals surface area contributed by atoms with Crippen LogP contribution in [0.15, 0.2) is 12.3 Å². The Kier molecular flexibility index (Phi) is 4.26. The first-order valence-electron chi connectivity index (χ1n) is 6.07. The lowest BCUT2D eigenvalue weighted by Gasteiger charge is -2.22. The van der Waals surface area contributed by atoms with Gasteiger partial charge in [0.15, 0.2) is 0 Å². The average molecular weight is 262 g/mol. The molecule has 0 saturated carbocycles. The number of hydrogen-bond acceptors (Lipinski definition) is 6. The van der Waals surface area contributed by atoms with E-state index in [1.54, 1.807) is 0 Å². The molecule has 2 rings (SSSR count). The van der Waals surface area contributed by atoms with Crippen LogP contribution >= 0.6 is 0 Å². The number of nitrogens with zero attached hydrogens (tertiary/aromatic N) is 3. The maximum absolute atomic E-state index is 10.9. The van der Waals surface area contributed by atoms with Gasteiger partial charge < -0.3 is 10.1 Å². The summed E-state index contributed by atoms with van der Waals surface area (Å²) in [6, 6.07) is 3.08. The maximum Gasteiger partial charge on any atom is 0.312 e. The van der Waals surface area contributed by atoms with Crippen molar-refractivity contribution >= 4 is 11.5 Å². The van der Waals surface area contributed by atoms with Gasteiger partial charge >= 0.3 is 5.69 Å². The summed E-state index contributed by atoms with van der Waals surface area (Å²) < 4.78 is 5.26. The van der Waals surface area contributed by atoms with Crippen LogP contribution in [0.3, 0.4) is 0 Å². The molecule has 0 aliphatic carbocycles. The second-order valence-electron chi connectivity index (χ2n) is 4.40. The molecule has 19 heavy (non-hydrogen) atoms. The molecule has 1 aliphatic heterocycles. The van der Waals surface area contributed by atoms with Crippen LogP contribution in [0.5, 0.6) is 0 Å². The van der Waals surface area contributed by atoms with Gasteiger partial charge in [-0.3, -0.25) is 10.1 Å². The molecule has 0 atom stereocenters. The lowest BCUT2D eigenvalue weighted by Crippen LogP contribution is -2.23. The molecule has 0 bridgehead atoms. The van der Waals surface area contributed by atoms with Gasteiger partial charge in [-0.25, -0.2) is 4.98 Å². The Morgan fingerprint density at radius 3 is 2.95 bits per heavy atom. The number of rotatable bonds is 4. The van der Waals surface area contributed by atoms with E-state index in [0.29, 0.717) is 12.5 Å². The molecule has 1 fully saturated rings. The SMILES string of the molecule is N#Cc1cnc(NCC2CCOCC2)c([N+](=O)[O-])c1. The Morgan fingerprint density at radius 1 is 1.58 bits per heavy atom. The van der Waals surface area contributed by atoms with Crippen molar-refractivity contribution < 1.29 is 9.66 Å². The number of pyridine rings is 1. The van der Waals surface area contributed by atoms with Crippen LogP contribution in [0.2, 0.25) is 0 Å². The highest BCUT2D eigenvalue weighted by Crippen LogP contribution is 2.24. The zero-order chi connectivity index (χ0) is 13.7. The summed E-state index contributed by atoms with van der Waals surface area (Å²) in [5, 5.41) is 22.7. The Labute approximate surface area is 110 Å². The summed E-state index contributed by atoms with van der Waals surface area (Å²) in [5.41, 5.74) is 0.0226. The number of ether oxygens (including phenoxy) is 1. The van der Waals surface area contributed by atoms with Crippen molar-refractivity contribution in [1.82, 2.24) is 4.98 Å². The van der Waals surface area contributed by atoms with E-state index in [4.69, 9.17) is 10.00 Å². The molecule has 0 spiro atoms. The highest BCUT2D eigenvalue weighted by Gasteiger charge is 2.19. The number of nitriles is 1. The van der Waals surface area contributed by atoms with Crippen LogP contribution in [0, 0.1) is 27.4 Å². The summed E-state index contributed by atoms with van der Waals surface area (Å²) in [6.45, 7) is 2.09. The van der Waals surface area contributed by atoms with Crippen LogP contribution < -0.4 is 5.32 Å². The van der Waals surface area contributed by atoms with E-state index in [1.807, 2.05) is 6.07 Å². The molecular weight excluding hydrogens is 248 g/mol. The van der Waals surface area contributed by atoms with Crippen LogP contribution in [0.1, 0.15) is 18.4 Å². The normalized spacial score (nSPS) is 15.7. The lowest BCUT2D eigenvalue weighted by molar-refractivity contribution is -0.384.